The first kappa shape index (κ1) is 15.9. The van der Waals surface area contributed by atoms with Crippen molar-refractivity contribution in [2.75, 3.05) is 46.9 Å². The van der Waals surface area contributed by atoms with Crippen LogP contribution < -0.4 is 5.32 Å². The Balaban J connectivity index is 2.03. The monoisotopic (exact) mass is 258 g/mol. The molecule has 1 saturated heterocycles. The van der Waals surface area contributed by atoms with Gasteiger partial charge >= 0.3 is 0 Å². The molecule has 0 radical (unpaired) electrons. The lowest BCUT2D eigenvalue weighted by molar-refractivity contribution is -0.00461. The molecule has 2 unspecified atom stereocenters. The Hall–Kier alpha value is -0.160. The van der Waals surface area contributed by atoms with E-state index in [1.807, 2.05) is 0 Å². The van der Waals surface area contributed by atoms with Crippen molar-refractivity contribution in [1.29, 1.82) is 0 Å². The maximum Gasteiger partial charge on any atom is 0.0971 e. The zero-order valence-electron chi connectivity index (χ0n) is 12.4. The largest absolute Gasteiger partial charge is 0.377 e. The highest BCUT2D eigenvalue weighted by molar-refractivity contribution is 4.85. The van der Waals surface area contributed by atoms with Crippen LogP contribution in [0.4, 0.5) is 0 Å². The second-order valence-corrected chi connectivity index (χ2v) is 5.59. The molecule has 1 N–H and O–H groups in total. The molecular weight excluding hydrogens is 228 g/mol. The highest BCUT2D eigenvalue weighted by atomic mass is 16.5. The van der Waals surface area contributed by atoms with Crippen molar-refractivity contribution in [1.82, 2.24) is 10.2 Å². The maximum atomic E-state index is 5.43. The third kappa shape index (κ3) is 5.65. The van der Waals surface area contributed by atoms with Crippen molar-refractivity contribution in [3.63, 3.8) is 0 Å². The molecule has 0 aromatic rings. The van der Waals surface area contributed by atoms with Crippen LogP contribution >= 0.6 is 0 Å². The second-order valence-electron chi connectivity index (χ2n) is 5.59. The zero-order chi connectivity index (χ0) is 13.4. The Bertz CT molecular complexity index is 200. The van der Waals surface area contributed by atoms with Crippen molar-refractivity contribution in [3.8, 4) is 0 Å². The molecule has 1 rings (SSSR count). The van der Waals surface area contributed by atoms with Gasteiger partial charge in [0.05, 0.1) is 12.2 Å². The van der Waals surface area contributed by atoms with Crippen LogP contribution in [0.25, 0.3) is 0 Å². The standard InChI is InChI=1S/C14H30N2O2/c1-12(2)6-5-7-15-8-9-16-10-13(17-3)14(11-16)18-4/h12-15H,5-11H2,1-4H3. The van der Waals surface area contributed by atoms with Gasteiger partial charge in [-0.05, 0) is 25.3 Å². The predicted molar refractivity (Wildman–Crippen MR) is 75.0 cm³/mol. The highest BCUT2D eigenvalue weighted by Crippen LogP contribution is 2.14. The van der Waals surface area contributed by atoms with Gasteiger partial charge in [0.2, 0.25) is 0 Å². The molecule has 1 fully saturated rings. The molecule has 18 heavy (non-hydrogen) atoms. The van der Waals surface area contributed by atoms with Gasteiger partial charge in [-0.2, -0.15) is 0 Å². The molecule has 0 amide bonds. The molecule has 4 nitrogen and oxygen atoms in total. The van der Waals surface area contributed by atoms with E-state index >= 15 is 0 Å². The first-order valence-electron chi connectivity index (χ1n) is 7.16. The lowest BCUT2D eigenvalue weighted by Crippen LogP contribution is -2.32. The number of methoxy groups -OCH3 is 2. The summed E-state index contributed by atoms with van der Waals surface area (Å²) in [5, 5.41) is 3.51. The predicted octanol–water partition coefficient (Wildman–Crippen LogP) is 1.36. The van der Waals surface area contributed by atoms with Crippen LogP contribution in [-0.4, -0.2) is 64.1 Å². The van der Waals surface area contributed by atoms with E-state index in [1.165, 1.54) is 12.8 Å². The van der Waals surface area contributed by atoms with Crippen LogP contribution in [-0.2, 0) is 9.47 Å². The van der Waals surface area contributed by atoms with E-state index in [1.54, 1.807) is 14.2 Å². The highest BCUT2D eigenvalue weighted by Gasteiger charge is 2.32. The molecule has 1 aliphatic heterocycles. The molecule has 2 atom stereocenters. The quantitative estimate of drug-likeness (QED) is 0.633. The van der Waals surface area contributed by atoms with Crippen LogP contribution in [0.15, 0.2) is 0 Å². The Labute approximate surface area is 112 Å². The van der Waals surface area contributed by atoms with Crippen molar-refractivity contribution in [2.24, 2.45) is 5.92 Å². The van der Waals surface area contributed by atoms with Crippen molar-refractivity contribution in [3.05, 3.63) is 0 Å². The van der Waals surface area contributed by atoms with Gasteiger partial charge in [0.1, 0.15) is 0 Å². The van der Waals surface area contributed by atoms with Crippen LogP contribution in [0.5, 0.6) is 0 Å². The van der Waals surface area contributed by atoms with Crippen LogP contribution in [0.3, 0.4) is 0 Å². The summed E-state index contributed by atoms with van der Waals surface area (Å²) in [6, 6.07) is 0. The number of nitrogens with zero attached hydrogens (tertiary/aromatic N) is 1. The average Bonchev–Trinajstić information content (AvgIpc) is 2.75. The van der Waals surface area contributed by atoms with Gasteiger partial charge in [0, 0.05) is 40.4 Å². The minimum atomic E-state index is 0.232. The first-order chi connectivity index (χ1) is 8.67. The van der Waals surface area contributed by atoms with Crippen LogP contribution in [0.2, 0.25) is 0 Å². The summed E-state index contributed by atoms with van der Waals surface area (Å²) in [7, 11) is 3.54. The molecule has 0 bridgehead atoms. The summed E-state index contributed by atoms with van der Waals surface area (Å²) in [5.41, 5.74) is 0. The summed E-state index contributed by atoms with van der Waals surface area (Å²) < 4.78 is 10.9. The summed E-state index contributed by atoms with van der Waals surface area (Å²) in [5.74, 6) is 0.815. The third-order valence-electron chi connectivity index (χ3n) is 3.64. The van der Waals surface area contributed by atoms with Crippen molar-refractivity contribution >= 4 is 0 Å². The molecule has 0 saturated carbocycles. The SMILES string of the molecule is COC1CN(CCNCCCC(C)C)CC1OC. The van der Waals surface area contributed by atoms with E-state index < -0.39 is 0 Å². The minimum absolute atomic E-state index is 0.232. The number of rotatable bonds is 9. The molecule has 108 valence electrons. The second kappa shape index (κ2) is 8.86. The van der Waals surface area contributed by atoms with Gasteiger partial charge in [-0.1, -0.05) is 13.8 Å². The van der Waals surface area contributed by atoms with Gasteiger partial charge in [-0.3, -0.25) is 4.90 Å². The average molecular weight is 258 g/mol. The number of hydrogen-bond donors (Lipinski definition) is 1. The smallest absolute Gasteiger partial charge is 0.0971 e. The Morgan fingerprint density at radius 1 is 1.11 bits per heavy atom. The molecule has 0 aliphatic carbocycles. The molecule has 0 aromatic carbocycles. The maximum absolute atomic E-state index is 5.43. The fourth-order valence-corrected chi connectivity index (χ4v) is 2.45. The summed E-state index contributed by atoms with van der Waals surface area (Å²) >= 11 is 0. The summed E-state index contributed by atoms with van der Waals surface area (Å²) in [4.78, 5) is 2.41. The molecule has 0 aromatic heterocycles. The lowest BCUT2D eigenvalue weighted by atomic mass is 10.1. The number of likely N-dealkylation sites (tertiary alicyclic amines) is 1. The van der Waals surface area contributed by atoms with Gasteiger partial charge in [0.15, 0.2) is 0 Å². The van der Waals surface area contributed by atoms with E-state index in [-0.39, 0.29) is 12.2 Å². The molecule has 1 heterocycles. The van der Waals surface area contributed by atoms with Crippen molar-refractivity contribution in [2.45, 2.75) is 38.9 Å². The normalized spacial score (nSPS) is 25.2. The van der Waals surface area contributed by atoms with Gasteiger partial charge < -0.3 is 14.8 Å². The Morgan fingerprint density at radius 3 is 2.22 bits per heavy atom. The third-order valence-corrected chi connectivity index (χ3v) is 3.64. The van der Waals surface area contributed by atoms with Crippen LogP contribution in [0, 0.1) is 5.92 Å². The van der Waals surface area contributed by atoms with E-state index in [4.69, 9.17) is 9.47 Å². The summed E-state index contributed by atoms with van der Waals surface area (Å²) in [6.45, 7) is 9.81. The van der Waals surface area contributed by atoms with Gasteiger partial charge in [-0.25, -0.2) is 0 Å². The first-order valence-corrected chi connectivity index (χ1v) is 7.16. The zero-order valence-corrected chi connectivity index (χ0v) is 12.4. The number of nitrogens with one attached hydrogen (secondary N) is 1. The van der Waals surface area contributed by atoms with Gasteiger partial charge in [0.25, 0.3) is 0 Å². The fraction of sp³-hybridized carbons (Fsp3) is 1.00. The van der Waals surface area contributed by atoms with E-state index in [0.717, 1.165) is 38.6 Å². The topological polar surface area (TPSA) is 33.7 Å². The van der Waals surface area contributed by atoms with Crippen LogP contribution in [0.1, 0.15) is 26.7 Å². The molecule has 1 aliphatic rings. The Kier molecular flexibility index (Phi) is 7.82. The molecule has 0 spiro atoms. The van der Waals surface area contributed by atoms with Gasteiger partial charge in [-0.15, -0.1) is 0 Å². The fourth-order valence-electron chi connectivity index (χ4n) is 2.45. The van der Waals surface area contributed by atoms with E-state index in [0.29, 0.717) is 0 Å². The molecule has 4 heteroatoms. The van der Waals surface area contributed by atoms with E-state index in [2.05, 4.69) is 24.1 Å². The lowest BCUT2D eigenvalue weighted by Gasteiger charge is -2.15. The molecular formula is C14H30N2O2. The minimum Gasteiger partial charge on any atom is -0.377 e. The van der Waals surface area contributed by atoms with Crippen molar-refractivity contribution < 1.29 is 9.47 Å². The number of hydrogen-bond acceptors (Lipinski definition) is 4. The number of ether oxygens (including phenoxy) is 2. The Morgan fingerprint density at radius 2 is 1.72 bits per heavy atom. The summed E-state index contributed by atoms with van der Waals surface area (Å²) in [6.07, 6.45) is 3.06. The van der Waals surface area contributed by atoms with E-state index in [9.17, 15) is 0 Å².